The quantitative estimate of drug-likeness (QED) is 0.753. The number of nitrogens with zero attached hydrogens (tertiary/aromatic N) is 1. The molecule has 1 saturated heterocycles. The molecule has 0 N–H and O–H groups in total. The van der Waals surface area contributed by atoms with Gasteiger partial charge in [0.15, 0.2) is 0 Å². The molecular weight excluding hydrogens is 230 g/mol. The molecule has 2 fully saturated rings. The van der Waals surface area contributed by atoms with E-state index in [1.54, 1.807) is 18.4 Å². The molecule has 2 aliphatic rings. The van der Waals surface area contributed by atoms with Crippen LogP contribution in [0.25, 0.3) is 0 Å². The molecule has 3 rings (SSSR count). The van der Waals surface area contributed by atoms with Gasteiger partial charge in [-0.15, -0.1) is 0 Å². The average molecular weight is 247 g/mol. The molecule has 4 heteroatoms. The summed E-state index contributed by atoms with van der Waals surface area (Å²) in [5.41, 5.74) is 0. The summed E-state index contributed by atoms with van der Waals surface area (Å²) in [7, 11) is 0. The predicted molar refractivity (Wildman–Crippen MR) is 64.3 cm³/mol. The van der Waals surface area contributed by atoms with E-state index in [4.69, 9.17) is 4.42 Å². The number of hydrogen-bond acceptors (Lipinski definition) is 3. The van der Waals surface area contributed by atoms with E-state index in [-0.39, 0.29) is 30.2 Å². The molecule has 4 nitrogen and oxygen atoms in total. The van der Waals surface area contributed by atoms with Gasteiger partial charge < -0.3 is 4.42 Å². The Morgan fingerprint density at radius 3 is 2.78 bits per heavy atom. The van der Waals surface area contributed by atoms with E-state index in [0.29, 0.717) is 11.7 Å². The van der Waals surface area contributed by atoms with Crippen molar-refractivity contribution in [3.05, 3.63) is 24.2 Å². The van der Waals surface area contributed by atoms with Crippen LogP contribution >= 0.6 is 0 Å². The Bertz CT molecular complexity index is 465. The number of likely N-dealkylation sites (tertiary alicyclic amines) is 1. The summed E-state index contributed by atoms with van der Waals surface area (Å²) in [4.78, 5) is 25.9. The third-order valence-corrected chi connectivity index (χ3v) is 4.17. The van der Waals surface area contributed by atoms with Crippen LogP contribution in [-0.2, 0) is 16.1 Å². The number of furan rings is 1. The van der Waals surface area contributed by atoms with Crippen LogP contribution in [0, 0.1) is 17.8 Å². The van der Waals surface area contributed by atoms with E-state index in [0.717, 1.165) is 19.3 Å². The van der Waals surface area contributed by atoms with Gasteiger partial charge in [-0.2, -0.15) is 0 Å². The molecule has 2 amide bonds. The number of fused-ring (bicyclic) bond motifs is 1. The van der Waals surface area contributed by atoms with Crippen LogP contribution in [0.1, 0.15) is 31.9 Å². The molecular formula is C14H17NO3. The summed E-state index contributed by atoms with van der Waals surface area (Å²) in [6.45, 7) is 2.44. The highest BCUT2D eigenvalue weighted by molar-refractivity contribution is 6.05. The summed E-state index contributed by atoms with van der Waals surface area (Å²) in [6, 6.07) is 3.57. The lowest BCUT2D eigenvalue weighted by atomic mass is 9.76. The summed E-state index contributed by atoms with van der Waals surface area (Å²) in [5.74, 6) is 1.04. The highest BCUT2D eigenvalue weighted by atomic mass is 16.3. The van der Waals surface area contributed by atoms with Gasteiger partial charge in [0.2, 0.25) is 11.8 Å². The van der Waals surface area contributed by atoms with Crippen molar-refractivity contribution in [2.45, 2.75) is 32.7 Å². The number of carbonyl (C=O) groups is 2. The largest absolute Gasteiger partial charge is 0.467 e. The third kappa shape index (κ3) is 1.76. The van der Waals surface area contributed by atoms with Crippen molar-refractivity contribution in [1.82, 2.24) is 4.90 Å². The smallest absolute Gasteiger partial charge is 0.233 e. The van der Waals surface area contributed by atoms with E-state index in [1.807, 2.05) is 0 Å². The number of imide groups is 1. The molecule has 1 aromatic rings. The number of carbonyl (C=O) groups excluding carboxylic acids is 2. The second kappa shape index (κ2) is 4.26. The number of amides is 2. The molecule has 0 unspecified atom stereocenters. The first-order chi connectivity index (χ1) is 8.66. The minimum Gasteiger partial charge on any atom is -0.467 e. The zero-order valence-electron chi connectivity index (χ0n) is 10.5. The topological polar surface area (TPSA) is 50.5 Å². The van der Waals surface area contributed by atoms with E-state index in [9.17, 15) is 9.59 Å². The van der Waals surface area contributed by atoms with Gasteiger partial charge in [-0.3, -0.25) is 14.5 Å². The molecule has 1 saturated carbocycles. The van der Waals surface area contributed by atoms with Gasteiger partial charge in [-0.1, -0.05) is 6.92 Å². The zero-order chi connectivity index (χ0) is 12.7. The second-order valence-electron chi connectivity index (χ2n) is 5.47. The number of hydrogen-bond donors (Lipinski definition) is 0. The van der Waals surface area contributed by atoms with E-state index in [2.05, 4.69) is 6.92 Å². The summed E-state index contributed by atoms with van der Waals surface area (Å²) in [5, 5.41) is 0. The molecule has 2 heterocycles. The molecule has 0 bridgehead atoms. The maximum Gasteiger partial charge on any atom is 0.233 e. The van der Waals surface area contributed by atoms with Crippen LogP contribution in [0.5, 0.6) is 0 Å². The van der Waals surface area contributed by atoms with Crippen molar-refractivity contribution in [2.24, 2.45) is 17.8 Å². The molecule has 3 atom stereocenters. The minimum absolute atomic E-state index is 0.00620. The first-order valence-corrected chi connectivity index (χ1v) is 6.54. The normalized spacial score (nSPS) is 31.8. The van der Waals surface area contributed by atoms with Gasteiger partial charge >= 0.3 is 0 Å². The van der Waals surface area contributed by atoms with E-state index < -0.39 is 0 Å². The lowest BCUT2D eigenvalue weighted by molar-refractivity contribution is -0.140. The SMILES string of the molecule is C[C@H]1CC[C@@H]2C(=O)N(Cc3ccco3)C(=O)[C@@H]2C1. The highest BCUT2D eigenvalue weighted by Gasteiger charge is 2.49. The molecule has 96 valence electrons. The third-order valence-electron chi connectivity index (χ3n) is 4.17. The van der Waals surface area contributed by atoms with Crippen molar-refractivity contribution in [2.75, 3.05) is 0 Å². The standard InChI is InChI=1S/C14H17NO3/c1-9-4-5-11-12(7-9)14(17)15(13(11)16)8-10-3-2-6-18-10/h2-3,6,9,11-12H,4-5,7-8H2,1H3/t9-,11-,12+/m0/s1. The Balaban J connectivity index is 1.80. The van der Waals surface area contributed by atoms with Crippen LogP contribution < -0.4 is 0 Å². The van der Waals surface area contributed by atoms with Crippen molar-refractivity contribution in [1.29, 1.82) is 0 Å². The lowest BCUT2D eigenvalue weighted by Gasteiger charge is -2.25. The Labute approximate surface area is 106 Å². The maximum absolute atomic E-state index is 12.3. The summed E-state index contributed by atoms with van der Waals surface area (Å²) < 4.78 is 5.22. The van der Waals surface area contributed by atoms with Gasteiger partial charge in [-0.25, -0.2) is 0 Å². The van der Waals surface area contributed by atoms with Gasteiger partial charge in [0.1, 0.15) is 5.76 Å². The fraction of sp³-hybridized carbons (Fsp3) is 0.571. The Hall–Kier alpha value is -1.58. The van der Waals surface area contributed by atoms with Crippen LogP contribution in [-0.4, -0.2) is 16.7 Å². The van der Waals surface area contributed by atoms with Crippen molar-refractivity contribution in [3.8, 4) is 0 Å². The molecule has 1 aliphatic carbocycles. The van der Waals surface area contributed by atoms with Crippen LogP contribution in [0.15, 0.2) is 22.8 Å². The molecule has 0 radical (unpaired) electrons. The lowest BCUT2D eigenvalue weighted by Crippen LogP contribution is -2.30. The Morgan fingerprint density at radius 2 is 2.06 bits per heavy atom. The fourth-order valence-corrected chi connectivity index (χ4v) is 3.17. The van der Waals surface area contributed by atoms with Gasteiger partial charge in [0.25, 0.3) is 0 Å². The maximum atomic E-state index is 12.3. The van der Waals surface area contributed by atoms with Crippen LogP contribution in [0.4, 0.5) is 0 Å². The molecule has 1 aliphatic heterocycles. The molecule has 18 heavy (non-hydrogen) atoms. The monoisotopic (exact) mass is 247 g/mol. The number of rotatable bonds is 2. The zero-order valence-corrected chi connectivity index (χ0v) is 10.5. The molecule has 0 spiro atoms. The Kier molecular flexibility index (Phi) is 2.73. The predicted octanol–water partition coefficient (Wildman–Crippen LogP) is 2.20. The van der Waals surface area contributed by atoms with E-state index in [1.165, 1.54) is 4.90 Å². The molecule has 0 aromatic carbocycles. The second-order valence-corrected chi connectivity index (χ2v) is 5.47. The fourth-order valence-electron chi connectivity index (χ4n) is 3.17. The minimum atomic E-state index is -0.0868. The highest BCUT2D eigenvalue weighted by Crippen LogP contribution is 2.40. The van der Waals surface area contributed by atoms with Gasteiger partial charge in [0, 0.05) is 0 Å². The van der Waals surface area contributed by atoms with Crippen molar-refractivity contribution < 1.29 is 14.0 Å². The average Bonchev–Trinajstić information content (AvgIpc) is 2.93. The molecule has 1 aromatic heterocycles. The first kappa shape index (κ1) is 11.5. The van der Waals surface area contributed by atoms with Gasteiger partial charge in [0.05, 0.1) is 24.6 Å². The van der Waals surface area contributed by atoms with E-state index >= 15 is 0 Å². The Morgan fingerprint density at radius 1 is 1.28 bits per heavy atom. The summed E-state index contributed by atoms with van der Waals surface area (Å²) in [6.07, 6.45) is 4.32. The van der Waals surface area contributed by atoms with Crippen molar-refractivity contribution in [3.63, 3.8) is 0 Å². The van der Waals surface area contributed by atoms with Gasteiger partial charge in [-0.05, 0) is 37.3 Å². The first-order valence-electron chi connectivity index (χ1n) is 6.54. The summed E-state index contributed by atoms with van der Waals surface area (Å²) >= 11 is 0. The van der Waals surface area contributed by atoms with Crippen LogP contribution in [0.3, 0.4) is 0 Å². The van der Waals surface area contributed by atoms with Crippen molar-refractivity contribution >= 4 is 11.8 Å². The van der Waals surface area contributed by atoms with Crippen LogP contribution in [0.2, 0.25) is 0 Å².